The van der Waals surface area contributed by atoms with Crippen molar-refractivity contribution in [3.05, 3.63) is 52.0 Å². The molecule has 0 fully saturated rings. The highest BCUT2D eigenvalue weighted by molar-refractivity contribution is 9.10. The van der Waals surface area contributed by atoms with Gasteiger partial charge in [0, 0.05) is 17.5 Å². The number of carbonyl (C=O) groups excluding carboxylic acids is 1. The van der Waals surface area contributed by atoms with Gasteiger partial charge in [-0.2, -0.15) is 0 Å². The summed E-state index contributed by atoms with van der Waals surface area (Å²) in [5.41, 5.74) is 1.04. The van der Waals surface area contributed by atoms with Gasteiger partial charge in [0.05, 0.1) is 9.99 Å². The maximum absolute atomic E-state index is 11.9. The van der Waals surface area contributed by atoms with Gasteiger partial charge < -0.3 is 14.4 Å². The number of benzene rings is 2. The van der Waals surface area contributed by atoms with Crippen molar-refractivity contribution in [2.75, 3.05) is 6.61 Å². The van der Waals surface area contributed by atoms with Crippen molar-refractivity contribution >= 4 is 50.0 Å². The lowest BCUT2D eigenvalue weighted by Crippen LogP contribution is -2.08. The molecule has 25 heavy (non-hydrogen) atoms. The maximum atomic E-state index is 11.9. The fourth-order valence-electron chi connectivity index (χ4n) is 2.32. The van der Waals surface area contributed by atoms with E-state index in [0.29, 0.717) is 20.6 Å². The van der Waals surface area contributed by atoms with Gasteiger partial charge in [-0.25, -0.2) is 0 Å². The van der Waals surface area contributed by atoms with Crippen molar-refractivity contribution < 1.29 is 14.6 Å². The van der Waals surface area contributed by atoms with E-state index >= 15 is 0 Å². The van der Waals surface area contributed by atoms with Crippen LogP contribution >= 0.6 is 27.5 Å². The zero-order valence-electron chi connectivity index (χ0n) is 13.1. The molecule has 2 aromatic carbocycles. The van der Waals surface area contributed by atoms with Crippen LogP contribution in [-0.4, -0.2) is 22.2 Å². The average molecular weight is 423 g/mol. The fraction of sp³-hybridized carbons (Fsp3) is 0.118. The first-order valence-electron chi connectivity index (χ1n) is 7.26. The largest absolute Gasteiger partial charge is 0.493 e. The molecule has 8 heteroatoms. The van der Waals surface area contributed by atoms with E-state index in [1.807, 2.05) is 18.2 Å². The monoisotopic (exact) mass is 421 g/mol. The minimum Gasteiger partial charge on any atom is -0.493 e. The van der Waals surface area contributed by atoms with E-state index < -0.39 is 5.91 Å². The predicted molar refractivity (Wildman–Crippen MR) is 98.8 cm³/mol. The Morgan fingerprint density at radius 3 is 2.84 bits per heavy atom. The number of nitrogens with zero attached hydrogens (tertiary/aromatic N) is 3. The third kappa shape index (κ3) is 3.67. The molecule has 1 heterocycles. The molecule has 0 atom stereocenters. The highest BCUT2D eigenvalue weighted by atomic mass is 79.9. The van der Waals surface area contributed by atoms with E-state index in [-0.39, 0.29) is 18.2 Å². The van der Waals surface area contributed by atoms with Crippen LogP contribution in [0.15, 0.2) is 57.2 Å². The molecule has 0 radical (unpaired) electrons. The Morgan fingerprint density at radius 2 is 2.08 bits per heavy atom. The molecule has 0 saturated carbocycles. The van der Waals surface area contributed by atoms with Crippen LogP contribution < -0.4 is 4.74 Å². The van der Waals surface area contributed by atoms with Gasteiger partial charge >= 0.3 is 5.91 Å². The first-order chi connectivity index (χ1) is 12.0. The molecule has 0 saturated heterocycles. The van der Waals surface area contributed by atoms with Crippen molar-refractivity contribution in [2.45, 2.75) is 0 Å². The summed E-state index contributed by atoms with van der Waals surface area (Å²) in [5.74, 6) is -0.158. The lowest BCUT2D eigenvalue weighted by atomic mass is 10.2. The quantitative estimate of drug-likeness (QED) is 0.602. The number of hydrogen-bond donors (Lipinski definition) is 1. The van der Waals surface area contributed by atoms with Gasteiger partial charge in [0.1, 0.15) is 5.75 Å². The lowest BCUT2D eigenvalue weighted by molar-refractivity contribution is -0.120. The maximum Gasteiger partial charge on any atom is 0.302 e. The Hall–Kier alpha value is -2.38. The summed E-state index contributed by atoms with van der Waals surface area (Å²) in [6, 6.07) is 12.3. The zero-order chi connectivity index (χ0) is 18.0. The second kappa shape index (κ2) is 7.25. The summed E-state index contributed by atoms with van der Waals surface area (Å²) in [6.07, 6.45) is 0. The number of rotatable bonds is 4. The van der Waals surface area contributed by atoms with Gasteiger partial charge in [0.2, 0.25) is 5.88 Å². The molecular formula is C17H13BrClN3O3. The summed E-state index contributed by atoms with van der Waals surface area (Å²) in [5, 5.41) is 18.9. The molecule has 0 aliphatic heterocycles. The molecule has 0 unspecified atom stereocenters. The van der Waals surface area contributed by atoms with Crippen molar-refractivity contribution in [1.29, 1.82) is 0 Å². The Balaban J connectivity index is 1.74. The number of hydrogen-bond acceptors (Lipinski definition) is 4. The second-order valence-corrected chi connectivity index (χ2v) is 6.50. The molecule has 0 spiro atoms. The molecule has 1 amide bonds. The average Bonchev–Trinajstić information content (AvgIpc) is 2.84. The molecule has 1 N–H and O–H groups in total. The van der Waals surface area contributed by atoms with Crippen LogP contribution in [0.2, 0.25) is 5.02 Å². The molecular weight excluding hydrogens is 410 g/mol. The van der Waals surface area contributed by atoms with Gasteiger partial charge in [-0.3, -0.25) is 4.79 Å². The van der Waals surface area contributed by atoms with Crippen LogP contribution in [0.3, 0.4) is 0 Å². The number of aromatic hydroxyl groups is 1. The number of fused-ring (bicyclic) bond motifs is 1. The Labute approximate surface area is 156 Å². The lowest BCUT2D eigenvalue weighted by Gasteiger charge is -2.05. The Morgan fingerprint density at radius 1 is 1.32 bits per heavy atom. The van der Waals surface area contributed by atoms with Crippen LogP contribution in [-0.2, 0) is 11.8 Å². The van der Waals surface area contributed by atoms with Gasteiger partial charge in [-0.05, 0) is 40.2 Å². The molecule has 6 nitrogen and oxygen atoms in total. The SMILES string of the molecule is Cn1c(O)c(N=NC(=O)COc2ccc(Cl)cc2Br)c2ccccc21. The third-order valence-corrected chi connectivity index (χ3v) is 4.41. The molecule has 3 rings (SSSR count). The number of amides is 1. The molecule has 0 aliphatic carbocycles. The smallest absolute Gasteiger partial charge is 0.302 e. The molecule has 0 aliphatic rings. The standard InChI is InChI=1S/C17H13BrClN3O3/c1-22-13-5-3-2-4-11(13)16(17(22)24)21-20-15(23)9-25-14-7-6-10(19)8-12(14)18/h2-8,24H,9H2,1H3. The molecule has 1 aromatic heterocycles. The van der Waals surface area contributed by atoms with Crippen LogP contribution in [0.5, 0.6) is 11.6 Å². The van der Waals surface area contributed by atoms with E-state index in [0.717, 1.165) is 5.52 Å². The van der Waals surface area contributed by atoms with Gasteiger partial charge in [-0.15, -0.1) is 10.2 Å². The highest BCUT2D eigenvalue weighted by Crippen LogP contribution is 2.37. The summed E-state index contributed by atoms with van der Waals surface area (Å²) in [7, 11) is 1.71. The number of azo groups is 1. The second-order valence-electron chi connectivity index (χ2n) is 5.21. The number of aryl methyl sites for hydroxylation is 1. The number of carbonyl (C=O) groups is 1. The number of aromatic nitrogens is 1. The zero-order valence-corrected chi connectivity index (χ0v) is 15.5. The molecule has 0 bridgehead atoms. The van der Waals surface area contributed by atoms with Crippen molar-refractivity contribution in [1.82, 2.24) is 4.57 Å². The van der Waals surface area contributed by atoms with E-state index in [4.69, 9.17) is 16.3 Å². The summed E-state index contributed by atoms with van der Waals surface area (Å²) in [6.45, 7) is -0.282. The van der Waals surface area contributed by atoms with E-state index in [1.54, 1.807) is 35.9 Å². The first-order valence-corrected chi connectivity index (χ1v) is 8.43. The van der Waals surface area contributed by atoms with Crippen LogP contribution in [0.1, 0.15) is 0 Å². The highest BCUT2D eigenvalue weighted by Gasteiger charge is 2.14. The minimum atomic E-state index is -0.575. The fourth-order valence-corrected chi connectivity index (χ4v) is 3.12. The first kappa shape index (κ1) is 17.4. The van der Waals surface area contributed by atoms with Crippen molar-refractivity contribution in [3.8, 4) is 11.6 Å². The molecule has 3 aromatic rings. The minimum absolute atomic E-state index is 0.0564. The van der Waals surface area contributed by atoms with Crippen molar-refractivity contribution in [2.24, 2.45) is 17.3 Å². The normalized spacial score (nSPS) is 11.3. The van der Waals surface area contributed by atoms with E-state index in [1.165, 1.54) is 0 Å². The summed E-state index contributed by atoms with van der Waals surface area (Å²) < 4.78 is 7.60. The van der Waals surface area contributed by atoms with Crippen LogP contribution in [0.25, 0.3) is 10.9 Å². The van der Waals surface area contributed by atoms with Crippen LogP contribution in [0.4, 0.5) is 5.69 Å². The van der Waals surface area contributed by atoms with E-state index in [9.17, 15) is 9.90 Å². The van der Waals surface area contributed by atoms with Crippen LogP contribution in [0, 0.1) is 0 Å². The van der Waals surface area contributed by atoms with Gasteiger partial charge in [0.15, 0.2) is 12.3 Å². The van der Waals surface area contributed by atoms with Crippen molar-refractivity contribution in [3.63, 3.8) is 0 Å². The van der Waals surface area contributed by atoms with E-state index in [2.05, 4.69) is 26.2 Å². The van der Waals surface area contributed by atoms with Gasteiger partial charge in [0.25, 0.3) is 0 Å². The third-order valence-electron chi connectivity index (χ3n) is 3.56. The summed E-state index contributed by atoms with van der Waals surface area (Å²) >= 11 is 9.15. The number of para-hydroxylation sites is 1. The number of ether oxygens (including phenoxy) is 1. The topological polar surface area (TPSA) is 76.2 Å². The Bertz CT molecular complexity index is 985. The van der Waals surface area contributed by atoms with Gasteiger partial charge in [-0.1, -0.05) is 29.8 Å². The molecule has 128 valence electrons. The Kier molecular flexibility index (Phi) is 5.06. The summed E-state index contributed by atoms with van der Waals surface area (Å²) in [4.78, 5) is 11.9. The predicted octanol–water partition coefficient (Wildman–Crippen LogP) is 4.99. The number of halogens is 2.